The average molecular weight is 545 g/mol. The summed E-state index contributed by atoms with van der Waals surface area (Å²) in [5, 5.41) is 15.0. The van der Waals surface area contributed by atoms with Gasteiger partial charge in [0, 0.05) is 17.9 Å². The lowest BCUT2D eigenvalue weighted by Crippen LogP contribution is -2.52. The molecule has 0 aromatic heterocycles. The van der Waals surface area contributed by atoms with E-state index in [1.165, 1.54) is 0 Å². The molecular weight excluding hydrogens is 508 g/mol. The second kappa shape index (κ2) is 12.8. The SMILES string of the molecule is CC(OCc1ccccc1)C(NC(=O)C(C)(C)CCNC(=O)OCC1c2ccccc2-c2ccccc21)C(=O)O. The highest BCUT2D eigenvalue weighted by Crippen LogP contribution is 2.44. The van der Waals surface area contributed by atoms with Gasteiger partial charge in [-0.05, 0) is 41.2 Å². The number of alkyl carbamates (subject to hydrolysis) is 1. The number of hydrogen-bond acceptors (Lipinski definition) is 5. The molecule has 8 heteroatoms. The van der Waals surface area contributed by atoms with Crippen molar-refractivity contribution in [1.82, 2.24) is 10.6 Å². The number of fused-ring (bicyclic) bond motifs is 3. The lowest BCUT2D eigenvalue weighted by molar-refractivity contribution is -0.148. The molecule has 40 heavy (non-hydrogen) atoms. The van der Waals surface area contributed by atoms with Crippen molar-refractivity contribution in [3.63, 3.8) is 0 Å². The molecule has 2 atom stereocenters. The van der Waals surface area contributed by atoms with Crippen LogP contribution in [0.15, 0.2) is 78.9 Å². The third-order valence-electron chi connectivity index (χ3n) is 7.36. The van der Waals surface area contributed by atoms with Gasteiger partial charge in [-0.15, -0.1) is 0 Å². The molecular formula is C32H36N2O6. The summed E-state index contributed by atoms with van der Waals surface area (Å²) < 4.78 is 11.3. The summed E-state index contributed by atoms with van der Waals surface area (Å²) in [7, 11) is 0. The quantitative estimate of drug-likeness (QED) is 0.292. The molecule has 0 saturated heterocycles. The number of carboxylic acids is 1. The predicted molar refractivity (Wildman–Crippen MR) is 152 cm³/mol. The van der Waals surface area contributed by atoms with Crippen LogP contribution < -0.4 is 10.6 Å². The smallest absolute Gasteiger partial charge is 0.407 e. The minimum Gasteiger partial charge on any atom is -0.480 e. The summed E-state index contributed by atoms with van der Waals surface area (Å²) in [6.45, 7) is 5.65. The topological polar surface area (TPSA) is 114 Å². The number of hydrogen-bond donors (Lipinski definition) is 3. The molecule has 2 unspecified atom stereocenters. The summed E-state index contributed by atoms with van der Waals surface area (Å²) >= 11 is 0. The van der Waals surface area contributed by atoms with Crippen molar-refractivity contribution in [3.8, 4) is 11.1 Å². The van der Waals surface area contributed by atoms with Gasteiger partial charge >= 0.3 is 12.1 Å². The lowest BCUT2D eigenvalue weighted by Gasteiger charge is -2.28. The summed E-state index contributed by atoms with van der Waals surface area (Å²) in [5.41, 5.74) is 4.53. The number of nitrogens with one attached hydrogen (secondary N) is 2. The largest absolute Gasteiger partial charge is 0.480 e. The fraction of sp³-hybridized carbons (Fsp3) is 0.344. The van der Waals surface area contributed by atoms with Crippen molar-refractivity contribution in [3.05, 3.63) is 95.6 Å². The van der Waals surface area contributed by atoms with Gasteiger partial charge in [0.2, 0.25) is 5.91 Å². The first-order valence-electron chi connectivity index (χ1n) is 13.5. The standard InChI is InChI=1S/C32H36N2O6/c1-21(39-19-22-11-5-4-6-12-22)28(29(35)36)34-30(37)32(2,3)17-18-33-31(38)40-20-27-25-15-9-7-13-23(25)24-14-8-10-16-26(24)27/h4-16,21,27-28H,17-20H2,1-3H3,(H,33,38)(H,34,37)(H,35,36). The Morgan fingerprint density at radius 2 is 1.48 bits per heavy atom. The zero-order chi connectivity index (χ0) is 28.7. The fourth-order valence-electron chi connectivity index (χ4n) is 4.85. The highest BCUT2D eigenvalue weighted by atomic mass is 16.5. The molecule has 0 heterocycles. The van der Waals surface area contributed by atoms with Crippen LogP contribution in [0, 0.1) is 5.41 Å². The zero-order valence-electron chi connectivity index (χ0n) is 23.1. The van der Waals surface area contributed by atoms with Gasteiger partial charge in [0.15, 0.2) is 6.04 Å². The number of carbonyl (C=O) groups excluding carboxylic acids is 2. The van der Waals surface area contributed by atoms with Gasteiger partial charge in [0.05, 0.1) is 12.7 Å². The first-order valence-corrected chi connectivity index (χ1v) is 13.5. The Morgan fingerprint density at radius 1 is 0.900 bits per heavy atom. The van der Waals surface area contributed by atoms with Gasteiger partial charge in [-0.3, -0.25) is 4.79 Å². The molecule has 0 aliphatic heterocycles. The van der Waals surface area contributed by atoms with E-state index >= 15 is 0 Å². The van der Waals surface area contributed by atoms with Crippen molar-refractivity contribution < 1.29 is 29.0 Å². The number of amides is 2. The maximum atomic E-state index is 13.0. The normalized spacial score (nSPS) is 14.0. The molecule has 1 aliphatic carbocycles. The van der Waals surface area contributed by atoms with Crippen molar-refractivity contribution in [2.75, 3.05) is 13.2 Å². The minimum atomic E-state index is -1.22. The Morgan fingerprint density at radius 3 is 2.08 bits per heavy atom. The Balaban J connectivity index is 1.25. The van der Waals surface area contributed by atoms with E-state index in [1.54, 1.807) is 20.8 Å². The first-order chi connectivity index (χ1) is 19.2. The van der Waals surface area contributed by atoms with Crippen molar-refractivity contribution in [1.29, 1.82) is 0 Å². The third kappa shape index (κ3) is 6.87. The van der Waals surface area contributed by atoms with E-state index in [0.29, 0.717) is 0 Å². The Labute approximate surface area is 234 Å². The molecule has 0 bridgehead atoms. The van der Waals surface area contributed by atoms with E-state index in [-0.39, 0.29) is 32.1 Å². The van der Waals surface area contributed by atoms with Gasteiger partial charge in [-0.25, -0.2) is 9.59 Å². The molecule has 0 spiro atoms. The average Bonchev–Trinajstić information content (AvgIpc) is 3.27. The number of rotatable bonds is 12. The van der Waals surface area contributed by atoms with Crippen molar-refractivity contribution in [2.24, 2.45) is 5.41 Å². The fourth-order valence-corrected chi connectivity index (χ4v) is 4.85. The second-order valence-electron chi connectivity index (χ2n) is 10.7. The van der Waals surface area contributed by atoms with Crippen LogP contribution in [0.1, 0.15) is 49.8 Å². The second-order valence-corrected chi connectivity index (χ2v) is 10.7. The highest BCUT2D eigenvalue weighted by molar-refractivity contribution is 5.87. The van der Waals surface area contributed by atoms with E-state index in [4.69, 9.17) is 9.47 Å². The molecule has 3 aromatic rings. The molecule has 1 aliphatic rings. The zero-order valence-corrected chi connectivity index (χ0v) is 23.1. The van der Waals surface area contributed by atoms with Gasteiger partial charge in [-0.2, -0.15) is 0 Å². The molecule has 3 aromatic carbocycles. The third-order valence-corrected chi connectivity index (χ3v) is 7.36. The molecule has 210 valence electrons. The van der Waals surface area contributed by atoms with Crippen LogP contribution in [0.4, 0.5) is 4.79 Å². The molecule has 8 nitrogen and oxygen atoms in total. The van der Waals surface area contributed by atoms with E-state index in [1.807, 2.05) is 54.6 Å². The minimum absolute atomic E-state index is 0.0422. The monoisotopic (exact) mass is 544 g/mol. The van der Waals surface area contributed by atoms with Crippen molar-refractivity contribution in [2.45, 2.75) is 51.9 Å². The first kappa shape index (κ1) is 28.8. The van der Waals surface area contributed by atoms with Crippen LogP contribution in [0.3, 0.4) is 0 Å². The molecule has 0 saturated carbocycles. The van der Waals surface area contributed by atoms with Crippen molar-refractivity contribution >= 4 is 18.0 Å². The summed E-state index contributed by atoms with van der Waals surface area (Å²) in [4.78, 5) is 37.4. The Kier molecular flexibility index (Phi) is 9.22. The van der Waals surface area contributed by atoms with Crippen LogP contribution in [0.2, 0.25) is 0 Å². The van der Waals surface area contributed by atoms with E-state index in [0.717, 1.165) is 27.8 Å². The van der Waals surface area contributed by atoms with Gasteiger partial charge in [0.25, 0.3) is 0 Å². The van der Waals surface area contributed by atoms with Crippen LogP contribution in [-0.2, 0) is 25.7 Å². The van der Waals surface area contributed by atoms with Gasteiger partial charge in [0.1, 0.15) is 6.61 Å². The Hall–Kier alpha value is -4.17. The molecule has 0 radical (unpaired) electrons. The van der Waals surface area contributed by atoms with E-state index in [2.05, 4.69) is 34.9 Å². The maximum Gasteiger partial charge on any atom is 0.407 e. The summed E-state index contributed by atoms with van der Waals surface area (Å²) in [6.07, 6.45) is -1.03. The highest BCUT2D eigenvalue weighted by Gasteiger charge is 2.34. The molecule has 0 fully saturated rings. The number of carbonyl (C=O) groups is 3. The van der Waals surface area contributed by atoms with Crippen LogP contribution in [0.5, 0.6) is 0 Å². The van der Waals surface area contributed by atoms with Gasteiger partial charge < -0.3 is 25.2 Å². The Bertz CT molecular complexity index is 1290. The van der Waals surface area contributed by atoms with E-state index < -0.39 is 35.5 Å². The molecule has 3 N–H and O–H groups in total. The number of benzene rings is 3. The number of ether oxygens (including phenoxy) is 2. The number of carboxylic acid groups (broad SMARTS) is 1. The van der Waals surface area contributed by atoms with Crippen LogP contribution in [0.25, 0.3) is 11.1 Å². The van der Waals surface area contributed by atoms with Gasteiger partial charge in [-0.1, -0.05) is 92.7 Å². The van der Waals surface area contributed by atoms with Crippen LogP contribution >= 0.6 is 0 Å². The van der Waals surface area contributed by atoms with E-state index in [9.17, 15) is 19.5 Å². The predicted octanol–water partition coefficient (Wildman–Crippen LogP) is 5.12. The lowest BCUT2D eigenvalue weighted by atomic mass is 9.87. The summed E-state index contributed by atoms with van der Waals surface area (Å²) in [6, 6.07) is 24.4. The molecule has 2 amide bonds. The maximum absolute atomic E-state index is 13.0. The molecule has 4 rings (SSSR count). The van der Waals surface area contributed by atoms with Crippen LogP contribution in [-0.4, -0.2) is 48.4 Å². The number of aliphatic carboxylic acids is 1. The summed E-state index contributed by atoms with van der Waals surface area (Å²) in [5.74, 6) is -1.66.